The highest BCUT2D eigenvalue weighted by Gasteiger charge is 2.44. The summed E-state index contributed by atoms with van der Waals surface area (Å²) in [7, 11) is 0. The number of nitrogens with zero attached hydrogens (tertiary/aromatic N) is 1. The molecule has 2 rings (SSSR count). The van der Waals surface area contributed by atoms with Gasteiger partial charge in [-0.2, -0.15) is 0 Å². The van der Waals surface area contributed by atoms with Crippen LogP contribution in [-0.2, 0) is 4.79 Å². The molecule has 4 nitrogen and oxygen atoms in total. The fourth-order valence-corrected chi connectivity index (χ4v) is 3.96. The molecule has 3 N–H and O–H groups in total. The Morgan fingerprint density at radius 3 is 2.79 bits per heavy atom. The molecule has 1 aromatic heterocycles. The molecule has 1 heterocycles. The lowest BCUT2D eigenvalue weighted by Crippen LogP contribution is -2.56. The number of amides is 1. The van der Waals surface area contributed by atoms with Crippen molar-refractivity contribution in [2.75, 3.05) is 0 Å². The molecule has 0 radical (unpaired) electrons. The van der Waals surface area contributed by atoms with E-state index in [0.29, 0.717) is 5.25 Å². The molecule has 1 saturated carbocycles. The molecule has 0 aromatic carbocycles. The fourth-order valence-electron chi connectivity index (χ4n) is 2.69. The first-order chi connectivity index (χ1) is 9.02. The highest BCUT2D eigenvalue weighted by atomic mass is 32.2. The SMILES string of the molecule is CC(C)NC1(C(N)=O)CCC(Sc2ccncc2)C1. The first-order valence-corrected chi connectivity index (χ1v) is 7.54. The third-order valence-corrected chi connectivity index (χ3v) is 4.74. The van der Waals surface area contributed by atoms with E-state index in [-0.39, 0.29) is 11.9 Å². The molecule has 1 fully saturated rings. The number of hydrogen-bond donors (Lipinski definition) is 2. The lowest BCUT2D eigenvalue weighted by molar-refractivity contribution is -0.124. The smallest absolute Gasteiger partial charge is 0.237 e. The lowest BCUT2D eigenvalue weighted by Gasteiger charge is -2.29. The molecular weight excluding hydrogens is 258 g/mol. The topological polar surface area (TPSA) is 68.0 Å². The van der Waals surface area contributed by atoms with Crippen LogP contribution in [0.2, 0.25) is 0 Å². The van der Waals surface area contributed by atoms with Gasteiger partial charge >= 0.3 is 0 Å². The largest absolute Gasteiger partial charge is 0.368 e. The lowest BCUT2D eigenvalue weighted by atomic mass is 9.96. The number of pyridine rings is 1. The van der Waals surface area contributed by atoms with Crippen LogP contribution < -0.4 is 11.1 Å². The Labute approximate surface area is 118 Å². The molecule has 1 aliphatic rings. The van der Waals surface area contributed by atoms with Gasteiger partial charge in [-0.15, -0.1) is 11.8 Å². The predicted molar refractivity (Wildman–Crippen MR) is 77.9 cm³/mol. The average Bonchev–Trinajstić information content (AvgIpc) is 2.74. The van der Waals surface area contributed by atoms with Gasteiger partial charge in [-0.05, 0) is 45.2 Å². The van der Waals surface area contributed by atoms with Crippen LogP contribution >= 0.6 is 11.8 Å². The van der Waals surface area contributed by atoms with E-state index in [1.807, 2.05) is 37.7 Å². The van der Waals surface area contributed by atoms with Crippen LogP contribution in [0.5, 0.6) is 0 Å². The second kappa shape index (κ2) is 5.92. The third-order valence-electron chi connectivity index (χ3n) is 3.46. The zero-order chi connectivity index (χ0) is 13.9. The van der Waals surface area contributed by atoms with E-state index in [4.69, 9.17) is 5.73 Å². The van der Waals surface area contributed by atoms with Crippen LogP contribution in [0.25, 0.3) is 0 Å². The van der Waals surface area contributed by atoms with Crippen LogP contribution in [0.4, 0.5) is 0 Å². The highest BCUT2D eigenvalue weighted by Crippen LogP contribution is 2.40. The Morgan fingerprint density at radius 1 is 1.53 bits per heavy atom. The Morgan fingerprint density at radius 2 is 2.21 bits per heavy atom. The summed E-state index contributed by atoms with van der Waals surface area (Å²) < 4.78 is 0. The summed E-state index contributed by atoms with van der Waals surface area (Å²) >= 11 is 1.81. The van der Waals surface area contributed by atoms with Crippen molar-refractivity contribution in [1.82, 2.24) is 10.3 Å². The fraction of sp³-hybridized carbons (Fsp3) is 0.571. The highest BCUT2D eigenvalue weighted by molar-refractivity contribution is 8.00. The number of carbonyl (C=O) groups excluding carboxylic acids is 1. The number of hydrogen-bond acceptors (Lipinski definition) is 4. The van der Waals surface area contributed by atoms with Crippen molar-refractivity contribution in [3.8, 4) is 0 Å². The number of carbonyl (C=O) groups is 1. The molecule has 0 aliphatic heterocycles. The minimum atomic E-state index is -0.529. The summed E-state index contributed by atoms with van der Waals surface area (Å²) in [6, 6.07) is 4.27. The summed E-state index contributed by atoms with van der Waals surface area (Å²) in [5.41, 5.74) is 5.09. The quantitative estimate of drug-likeness (QED) is 0.864. The number of aromatic nitrogens is 1. The van der Waals surface area contributed by atoms with Gasteiger partial charge in [0.1, 0.15) is 0 Å². The molecule has 19 heavy (non-hydrogen) atoms. The van der Waals surface area contributed by atoms with Crippen LogP contribution in [-0.4, -0.2) is 27.7 Å². The van der Waals surface area contributed by atoms with E-state index in [1.165, 1.54) is 4.90 Å². The molecule has 1 aliphatic carbocycles. The molecular formula is C14H21N3OS. The van der Waals surface area contributed by atoms with Gasteiger partial charge in [-0.3, -0.25) is 9.78 Å². The number of nitrogens with one attached hydrogen (secondary N) is 1. The van der Waals surface area contributed by atoms with Crippen LogP contribution in [0, 0.1) is 0 Å². The van der Waals surface area contributed by atoms with Crippen molar-refractivity contribution >= 4 is 17.7 Å². The Balaban J connectivity index is 2.03. The molecule has 0 saturated heterocycles. The van der Waals surface area contributed by atoms with Gasteiger partial charge in [0.05, 0.1) is 5.54 Å². The summed E-state index contributed by atoms with van der Waals surface area (Å²) in [5, 5.41) is 3.80. The van der Waals surface area contributed by atoms with Crippen LogP contribution in [0.1, 0.15) is 33.1 Å². The van der Waals surface area contributed by atoms with Gasteiger partial charge < -0.3 is 11.1 Å². The van der Waals surface area contributed by atoms with Crippen molar-refractivity contribution in [3.05, 3.63) is 24.5 Å². The predicted octanol–water partition coefficient (Wildman–Crippen LogP) is 1.95. The number of rotatable bonds is 5. The van der Waals surface area contributed by atoms with Crippen molar-refractivity contribution in [2.45, 2.75) is 54.8 Å². The number of primary amides is 1. The van der Waals surface area contributed by atoms with Gasteiger partial charge in [0.25, 0.3) is 0 Å². The summed E-state index contributed by atoms with van der Waals surface area (Å²) in [4.78, 5) is 17.0. The van der Waals surface area contributed by atoms with E-state index < -0.39 is 5.54 Å². The van der Waals surface area contributed by atoms with Gasteiger partial charge in [-0.1, -0.05) is 0 Å². The zero-order valence-corrected chi connectivity index (χ0v) is 12.2. The van der Waals surface area contributed by atoms with E-state index >= 15 is 0 Å². The van der Waals surface area contributed by atoms with E-state index in [1.54, 1.807) is 12.4 Å². The second-order valence-electron chi connectivity index (χ2n) is 5.41. The molecule has 104 valence electrons. The maximum Gasteiger partial charge on any atom is 0.237 e. The Hall–Kier alpha value is -1.07. The van der Waals surface area contributed by atoms with Crippen molar-refractivity contribution in [2.24, 2.45) is 5.73 Å². The maximum atomic E-state index is 11.8. The molecule has 2 unspecified atom stereocenters. The average molecular weight is 279 g/mol. The monoisotopic (exact) mass is 279 g/mol. The Kier molecular flexibility index (Phi) is 4.47. The van der Waals surface area contributed by atoms with Crippen LogP contribution in [0.15, 0.2) is 29.4 Å². The maximum absolute atomic E-state index is 11.8. The summed E-state index contributed by atoms with van der Waals surface area (Å²) in [5.74, 6) is -0.223. The summed E-state index contributed by atoms with van der Waals surface area (Å²) in [6.07, 6.45) is 6.22. The molecule has 5 heteroatoms. The van der Waals surface area contributed by atoms with Gasteiger partial charge in [0.2, 0.25) is 5.91 Å². The van der Waals surface area contributed by atoms with Crippen molar-refractivity contribution in [3.63, 3.8) is 0 Å². The molecule has 2 atom stereocenters. The standard InChI is InChI=1S/C14H21N3OS/c1-10(2)17-14(13(15)18)6-3-12(9-14)19-11-4-7-16-8-5-11/h4-5,7-8,10,12,17H,3,6,9H2,1-2H3,(H2,15,18). The summed E-state index contributed by atoms with van der Waals surface area (Å²) in [6.45, 7) is 4.10. The van der Waals surface area contributed by atoms with E-state index in [9.17, 15) is 4.79 Å². The second-order valence-corrected chi connectivity index (χ2v) is 6.78. The van der Waals surface area contributed by atoms with Gasteiger partial charge in [0, 0.05) is 28.6 Å². The molecule has 0 spiro atoms. The van der Waals surface area contributed by atoms with E-state index in [0.717, 1.165) is 19.3 Å². The van der Waals surface area contributed by atoms with Crippen molar-refractivity contribution < 1.29 is 4.79 Å². The molecule has 1 aromatic rings. The van der Waals surface area contributed by atoms with Crippen LogP contribution in [0.3, 0.4) is 0 Å². The molecule has 1 amide bonds. The minimum absolute atomic E-state index is 0.223. The Bertz CT molecular complexity index is 438. The number of thioether (sulfide) groups is 1. The normalized spacial score (nSPS) is 26.8. The number of nitrogens with two attached hydrogens (primary N) is 1. The first-order valence-electron chi connectivity index (χ1n) is 6.66. The molecule has 0 bridgehead atoms. The van der Waals surface area contributed by atoms with Gasteiger partial charge in [-0.25, -0.2) is 0 Å². The zero-order valence-electron chi connectivity index (χ0n) is 11.4. The third kappa shape index (κ3) is 3.48. The minimum Gasteiger partial charge on any atom is -0.368 e. The van der Waals surface area contributed by atoms with Gasteiger partial charge in [0.15, 0.2) is 0 Å². The van der Waals surface area contributed by atoms with E-state index in [2.05, 4.69) is 10.3 Å². The first kappa shape index (κ1) is 14.3. The van der Waals surface area contributed by atoms with Crippen molar-refractivity contribution in [1.29, 1.82) is 0 Å².